The van der Waals surface area contributed by atoms with Crippen LogP contribution in [0.3, 0.4) is 0 Å². The highest BCUT2D eigenvalue weighted by Crippen LogP contribution is 2.30. The van der Waals surface area contributed by atoms with Gasteiger partial charge >= 0.3 is 12.2 Å². The molecule has 1 aromatic carbocycles. The Bertz CT molecular complexity index is 694. The number of amides is 2. The predicted molar refractivity (Wildman–Crippen MR) is 111 cm³/mol. The number of carbonyl (C=O) groups excluding carboxylic acids is 3. The van der Waals surface area contributed by atoms with Crippen molar-refractivity contribution in [2.75, 3.05) is 12.3 Å². The minimum Gasteiger partial charge on any atom is -0.443 e. The number of para-hydroxylation sites is 1. The minimum atomic E-state index is -0.825. The maximum absolute atomic E-state index is 12.5. The summed E-state index contributed by atoms with van der Waals surface area (Å²) >= 11 is 3.34. The Balaban J connectivity index is 3.04. The number of hydrogen-bond donors (Lipinski definition) is 1. The molecule has 28 heavy (non-hydrogen) atoms. The van der Waals surface area contributed by atoms with Crippen LogP contribution in [0.25, 0.3) is 0 Å². The number of anilines is 1. The van der Waals surface area contributed by atoms with Crippen LogP contribution in [0.2, 0.25) is 0 Å². The lowest BCUT2D eigenvalue weighted by atomic mass is 9.95. The van der Waals surface area contributed by atoms with Crippen molar-refractivity contribution in [1.82, 2.24) is 4.90 Å². The van der Waals surface area contributed by atoms with E-state index in [1.165, 1.54) is 0 Å². The van der Waals surface area contributed by atoms with E-state index < -0.39 is 29.3 Å². The molecular weight excluding hydrogens is 428 g/mol. The summed E-state index contributed by atoms with van der Waals surface area (Å²) in [6.45, 7) is 10.2. The zero-order chi connectivity index (χ0) is 21.7. The average Bonchev–Trinajstić information content (AvgIpc) is 2.51. The van der Waals surface area contributed by atoms with Gasteiger partial charge in [0, 0.05) is 22.6 Å². The van der Waals surface area contributed by atoms with Gasteiger partial charge in [0.05, 0.1) is 0 Å². The molecule has 2 N–H and O–H groups in total. The molecule has 0 aliphatic heterocycles. The maximum atomic E-state index is 12.5. The summed E-state index contributed by atoms with van der Waals surface area (Å²) in [7, 11) is 0. The topological polar surface area (TPSA) is 98.9 Å². The lowest BCUT2D eigenvalue weighted by Gasteiger charge is -2.29. The second-order valence-electron chi connectivity index (χ2n) is 8.39. The van der Waals surface area contributed by atoms with Crippen molar-refractivity contribution in [3.63, 3.8) is 0 Å². The molecule has 0 radical (unpaired) electrons. The number of imide groups is 1. The van der Waals surface area contributed by atoms with Gasteiger partial charge in [-0.25, -0.2) is 14.5 Å². The summed E-state index contributed by atoms with van der Waals surface area (Å²) in [6, 6.07) is 5.28. The molecule has 0 aliphatic rings. The first-order valence-electron chi connectivity index (χ1n) is 8.98. The molecule has 2 amide bonds. The second-order valence-corrected chi connectivity index (χ2v) is 9.24. The molecule has 0 fully saturated rings. The third kappa shape index (κ3) is 7.50. The van der Waals surface area contributed by atoms with E-state index >= 15 is 0 Å². The zero-order valence-electron chi connectivity index (χ0n) is 17.2. The molecule has 0 bridgehead atoms. The molecule has 0 aliphatic carbocycles. The third-order valence-corrected chi connectivity index (χ3v) is 4.23. The quantitative estimate of drug-likeness (QED) is 0.500. The predicted octanol–water partition coefficient (Wildman–Crippen LogP) is 4.88. The molecule has 1 atom stereocenters. The molecular formula is C20H29BrN2O5. The van der Waals surface area contributed by atoms with Crippen molar-refractivity contribution in [3.8, 4) is 0 Å². The standard InChI is InChI=1S/C20H29BrN2O5/c1-19(2,3)27-17(25)23(18(26)28-20(4,5)6)11-10-13(12-24)14-8-7-9-15(21)16(14)22/h7-9,12-13H,10-11,22H2,1-6H3. The van der Waals surface area contributed by atoms with Gasteiger partial charge in [0.15, 0.2) is 0 Å². The third-order valence-electron chi connectivity index (χ3n) is 3.54. The van der Waals surface area contributed by atoms with Crippen LogP contribution in [0.15, 0.2) is 22.7 Å². The van der Waals surface area contributed by atoms with Crippen molar-refractivity contribution < 1.29 is 23.9 Å². The number of rotatable bonds is 5. The number of hydrogen-bond acceptors (Lipinski definition) is 6. The lowest BCUT2D eigenvalue weighted by Crippen LogP contribution is -2.44. The van der Waals surface area contributed by atoms with Crippen molar-refractivity contribution in [3.05, 3.63) is 28.2 Å². The highest BCUT2D eigenvalue weighted by molar-refractivity contribution is 9.10. The number of nitrogens with two attached hydrogens (primary N) is 1. The molecule has 7 nitrogen and oxygen atoms in total. The second kappa shape index (κ2) is 9.41. The van der Waals surface area contributed by atoms with Crippen LogP contribution in [0.5, 0.6) is 0 Å². The van der Waals surface area contributed by atoms with Crippen LogP contribution >= 0.6 is 15.9 Å². The van der Waals surface area contributed by atoms with Crippen molar-refractivity contribution in [2.24, 2.45) is 0 Å². The molecule has 1 rings (SSSR count). The normalized spacial score (nSPS) is 12.8. The number of ether oxygens (including phenoxy) is 2. The van der Waals surface area contributed by atoms with Gasteiger partial charge in [-0.05, 0) is 75.5 Å². The van der Waals surface area contributed by atoms with Gasteiger partial charge in [-0.15, -0.1) is 0 Å². The fourth-order valence-electron chi connectivity index (χ4n) is 2.33. The SMILES string of the molecule is CC(C)(C)OC(=O)N(CCC(C=O)c1cccc(Br)c1N)C(=O)OC(C)(C)C. The fraction of sp³-hybridized carbons (Fsp3) is 0.550. The van der Waals surface area contributed by atoms with Crippen LogP contribution in [0.1, 0.15) is 59.4 Å². The van der Waals surface area contributed by atoms with E-state index in [-0.39, 0.29) is 13.0 Å². The number of carbonyl (C=O) groups is 3. The lowest BCUT2D eigenvalue weighted by molar-refractivity contribution is -0.109. The minimum absolute atomic E-state index is 0.0564. The van der Waals surface area contributed by atoms with Crippen LogP contribution in [-0.2, 0) is 14.3 Å². The van der Waals surface area contributed by atoms with Crippen LogP contribution in [-0.4, -0.2) is 41.1 Å². The number of nitrogens with zero attached hydrogens (tertiary/aromatic N) is 1. The Morgan fingerprint density at radius 2 is 1.61 bits per heavy atom. The Morgan fingerprint density at radius 1 is 1.11 bits per heavy atom. The van der Waals surface area contributed by atoms with E-state index in [4.69, 9.17) is 15.2 Å². The molecule has 0 saturated carbocycles. The molecule has 1 unspecified atom stereocenters. The van der Waals surface area contributed by atoms with Crippen LogP contribution in [0.4, 0.5) is 15.3 Å². The Hall–Kier alpha value is -2.09. The van der Waals surface area contributed by atoms with Gasteiger partial charge in [0.1, 0.15) is 17.5 Å². The summed E-state index contributed by atoms with van der Waals surface area (Å²) in [5, 5.41) is 0. The first kappa shape index (κ1) is 23.9. The first-order chi connectivity index (χ1) is 12.7. The monoisotopic (exact) mass is 456 g/mol. The van der Waals surface area contributed by atoms with Crippen molar-refractivity contribution >= 4 is 40.1 Å². The zero-order valence-corrected chi connectivity index (χ0v) is 18.8. The Kier molecular flexibility index (Phi) is 8.05. The van der Waals surface area contributed by atoms with Gasteiger partial charge in [-0.1, -0.05) is 12.1 Å². The van der Waals surface area contributed by atoms with Crippen LogP contribution < -0.4 is 5.73 Å². The van der Waals surface area contributed by atoms with E-state index in [0.717, 1.165) is 11.2 Å². The van der Waals surface area contributed by atoms with E-state index in [1.807, 2.05) is 0 Å². The number of nitrogen functional groups attached to an aromatic ring is 1. The number of halogens is 1. The molecule has 1 aromatic rings. The summed E-state index contributed by atoms with van der Waals surface area (Å²) in [5.41, 5.74) is 5.55. The molecule has 0 spiro atoms. The van der Waals surface area contributed by atoms with E-state index in [9.17, 15) is 14.4 Å². The summed E-state index contributed by atoms with van der Waals surface area (Å²) in [4.78, 5) is 37.6. The van der Waals surface area contributed by atoms with Gasteiger partial charge in [-0.2, -0.15) is 0 Å². The molecule has 156 valence electrons. The van der Waals surface area contributed by atoms with E-state index in [0.29, 0.717) is 15.7 Å². The van der Waals surface area contributed by atoms with Gasteiger partial charge < -0.3 is 20.0 Å². The van der Waals surface area contributed by atoms with Gasteiger partial charge in [0.2, 0.25) is 0 Å². The maximum Gasteiger partial charge on any atom is 0.419 e. The summed E-state index contributed by atoms with van der Waals surface area (Å²) in [5.74, 6) is -0.593. The summed E-state index contributed by atoms with van der Waals surface area (Å²) < 4.78 is 11.3. The Morgan fingerprint density at radius 3 is 2.04 bits per heavy atom. The fourth-order valence-corrected chi connectivity index (χ4v) is 2.71. The van der Waals surface area contributed by atoms with Crippen molar-refractivity contribution in [2.45, 2.75) is 65.1 Å². The largest absolute Gasteiger partial charge is 0.443 e. The smallest absolute Gasteiger partial charge is 0.419 e. The highest BCUT2D eigenvalue weighted by Gasteiger charge is 2.31. The Labute approximate surface area is 174 Å². The number of benzene rings is 1. The molecule has 0 saturated heterocycles. The van der Waals surface area contributed by atoms with Gasteiger partial charge in [-0.3, -0.25) is 0 Å². The summed E-state index contributed by atoms with van der Waals surface area (Å²) in [6.07, 6.45) is -0.717. The first-order valence-corrected chi connectivity index (χ1v) is 9.77. The van der Waals surface area contributed by atoms with Crippen molar-refractivity contribution in [1.29, 1.82) is 0 Å². The molecule has 0 heterocycles. The molecule has 8 heteroatoms. The van der Waals surface area contributed by atoms with Gasteiger partial charge in [0.25, 0.3) is 0 Å². The number of aldehydes is 1. The average molecular weight is 457 g/mol. The van der Waals surface area contributed by atoms with Crippen LogP contribution in [0, 0.1) is 0 Å². The van der Waals surface area contributed by atoms with E-state index in [1.54, 1.807) is 59.7 Å². The van der Waals surface area contributed by atoms with E-state index in [2.05, 4.69) is 15.9 Å². The molecule has 0 aromatic heterocycles. The highest BCUT2D eigenvalue weighted by atomic mass is 79.9.